The smallest absolute Gasteiger partial charge is 0.461 e. The third-order valence-corrected chi connectivity index (χ3v) is 2.52. The lowest BCUT2D eigenvalue weighted by Crippen LogP contribution is -2.44. The zero-order valence-electron chi connectivity index (χ0n) is 10.1. The van der Waals surface area contributed by atoms with Gasteiger partial charge in [-0.15, -0.1) is 0 Å². The third kappa shape index (κ3) is 2.40. The fraction of sp³-hybridized carbons (Fsp3) is 0.364. The summed E-state index contributed by atoms with van der Waals surface area (Å²) in [4.78, 5) is 0.458. The van der Waals surface area contributed by atoms with E-state index in [1.807, 2.05) is 6.92 Å². The van der Waals surface area contributed by atoms with E-state index in [2.05, 4.69) is 15.7 Å². The first-order chi connectivity index (χ1) is 8.74. The lowest BCUT2D eigenvalue weighted by molar-refractivity contribution is -0.672. The lowest BCUT2D eigenvalue weighted by atomic mass is 10.3. The Hall–Kier alpha value is -2.15. The highest BCUT2D eigenvalue weighted by molar-refractivity contribution is 5.67. The molecule has 1 aromatic heterocycles. The van der Waals surface area contributed by atoms with Crippen LogP contribution in [0.25, 0.3) is 11.0 Å². The number of aromatic nitrogens is 3. The molecule has 0 aliphatic carbocycles. The quantitative estimate of drug-likeness (QED) is 0.424. The second kappa shape index (κ2) is 5.46. The summed E-state index contributed by atoms with van der Waals surface area (Å²) in [6.45, 7) is 4.07. The van der Waals surface area contributed by atoms with Gasteiger partial charge in [0.2, 0.25) is 5.10 Å². The maximum absolute atomic E-state index is 12.0. The maximum Gasteiger partial charge on any atom is 0.461 e. The van der Waals surface area contributed by atoms with Crippen LogP contribution in [0.1, 0.15) is 6.92 Å². The number of nitrogens with zero attached hydrogens (tertiary/aromatic N) is 3. The zero-order chi connectivity index (χ0) is 13.0. The van der Waals surface area contributed by atoms with Gasteiger partial charge in [0.05, 0.1) is 6.54 Å². The Kier molecular flexibility index (Phi) is 3.73. The highest BCUT2D eigenvalue weighted by atomic mass is 16.5. The average molecular weight is 249 g/mol. The monoisotopic (exact) mass is 249 g/mol. The van der Waals surface area contributed by atoms with Crippen molar-refractivity contribution in [1.82, 2.24) is 10.4 Å². The van der Waals surface area contributed by atoms with Gasteiger partial charge in [-0.25, -0.2) is 4.73 Å². The summed E-state index contributed by atoms with van der Waals surface area (Å²) in [7, 11) is 0. The number of benzene rings is 1. The van der Waals surface area contributed by atoms with Crippen LogP contribution in [0.5, 0.6) is 0 Å². The largest absolute Gasteiger partial charge is 0.739 e. The molecule has 0 saturated heterocycles. The van der Waals surface area contributed by atoms with Crippen molar-refractivity contribution < 1.29 is 9.58 Å². The summed E-state index contributed by atoms with van der Waals surface area (Å²) in [5.41, 5.74) is 0.554. The molecule has 2 aromatic rings. The molecule has 0 bridgehead atoms. The van der Waals surface area contributed by atoms with Crippen LogP contribution in [0.2, 0.25) is 0 Å². The first-order valence-corrected chi connectivity index (χ1v) is 5.80. The van der Waals surface area contributed by atoms with Crippen LogP contribution in [0.3, 0.4) is 0 Å². The average Bonchev–Trinajstić information content (AvgIpc) is 2.40. The fourth-order valence-corrected chi connectivity index (χ4v) is 1.64. The summed E-state index contributed by atoms with van der Waals surface area (Å²) in [5, 5.41) is 33.2. The molecule has 7 heteroatoms. The van der Waals surface area contributed by atoms with E-state index in [0.29, 0.717) is 28.2 Å². The van der Waals surface area contributed by atoms with Gasteiger partial charge in [-0.05, 0) is 12.6 Å². The minimum Gasteiger partial charge on any atom is -0.739 e. The van der Waals surface area contributed by atoms with Gasteiger partial charge in [-0.3, -0.25) is 5.32 Å². The van der Waals surface area contributed by atoms with Crippen molar-refractivity contribution in [2.24, 2.45) is 0 Å². The molecule has 0 aliphatic rings. The molecule has 0 saturated carbocycles. The van der Waals surface area contributed by atoms with Crippen molar-refractivity contribution in [3.63, 3.8) is 0 Å². The Morgan fingerprint density at radius 2 is 1.89 bits per heavy atom. The zero-order valence-corrected chi connectivity index (χ0v) is 10.1. The van der Waals surface area contributed by atoms with Crippen molar-refractivity contribution >= 4 is 17.0 Å². The van der Waals surface area contributed by atoms with Gasteiger partial charge in [-0.2, -0.15) is 0 Å². The fourth-order valence-electron chi connectivity index (χ4n) is 1.64. The molecule has 0 unspecified atom stereocenters. The van der Waals surface area contributed by atoms with Crippen LogP contribution in [0.15, 0.2) is 24.3 Å². The maximum atomic E-state index is 12.0. The molecule has 18 heavy (non-hydrogen) atoms. The van der Waals surface area contributed by atoms with Gasteiger partial charge in [0, 0.05) is 17.5 Å². The summed E-state index contributed by atoms with van der Waals surface area (Å²) in [6.07, 6.45) is 0. The van der Waals surface area contributed by atoms with Crippen LogP contribution in [-0.2, 0) is 0 Å². The van der Waals surface area contributed by atoms with E-state index in [1.54, 1.807) is 24.3 Å². The standard InChI is InChI=1S/C11H15N5O2/c1-2-12-7-8-13-11-14-16(18)10-6-4-3-5-9(10)15(11)17/h3-6,12H,2,7-8H2,1H3,(H,13,14). The number of anilines is 1. The van der Waals surface area contributed by atoms with Gasteiger partial charge in [0.25, 0.3) is 5.52 Å². The molecule has 2 rings (SSSR count). The van der Waals surface area contributed by atoms with E-state index in [4.69, 9.17) is 0 Å². The number of rotatable bonds is 5. The van der Waals surface area contributed by atoms with E-state index in [-0.39, 0.29) is 11.5 Å². The topological polar surface area (TPSA) is 90.8 Å². The number of likely N-dealkylation sites (N-methyl/N-ethyl adjacent to an activating group) is 1. The van der Waals surface area contributed by atoms with Crippen LogP contribution in [0.4, 0.5) is 5.95 Å². The molecule has 96 valence electrons. The van der Waals surface area contributed by atoms with Crippen LogP contribution in [-0.4, -0.2) is 24.7 Å². The van der Waals surface area contributed by atoms with E-state index < -0.39 is 0 Å². The van der Waals surface area contributed by atoms with Crippen molar-refractivity contribution in [3.05, 3.63) is 34.7 Å². The molecule has 0 spiro atoms. The Morgan fingerprint density at radius 1 is 1.17 bits per heavy atom. The third-order valence-electron chi connectivity index (χ3n) is 2.52. The van der Waals surface area contributed by atoms with E-state index in [9.17, 15) is 10.4 Å². The number of para-hydroxylation sites is 2. The molecule has 7 nitrogen and oxygen atoms in total. The van der Waals surface area contributed by atoms with E-state index in [0.717, 1.165) is 6.54 Å². The predicted molar refractivity (Wildman–Crippen MR) is 66.7 cm³/mol. The number of hydrogen-bond donors (Lipinski definition) is 2. The summed E-state index contributed by atoms with van der Waals surface area (Å²) >= 11 is 0. The minimum atomic E-state index is 0.0154. The second-order valence-electron chi connectivity index (χ2n) is 3.76. The molecule has 1 heterocycles. The molecule has 0 aliphatic heterocycles. The van der Waals surface area contributed by atoms with Gasteiger partial charge >= 0.3 is 5.95 Å². The first-order valence-electron chi connectivity index (χ1n) is 5.80. The van der Waals surface area contributed by atoms with Gasteiger partial charge in [0.1, 0.15) is 0 Å². The van der Waals surface area contributed by atoms with Crippen LogP contribution in [0, 0.1) is 10.4 Å². The number of nitrogens with one attached hydrogen (secondary N) is 2. The Labute approximate surface area is 104 Å². The molecular formula is C11H15N5O2. The van der Waals surface area contributed by atoms with Gasteiger partial charge < -0.3 is 15.7 Å². The molecular weight excluding hydrogens is 234 g/mol. The molecule has 1 aromatic carbocycles. The van der Waals surface area contributed by atoms with E-state index >= 15 is 0 Å². The van der Waals surface area contributed by atoms with Crippen LogP contribution >= 0.6 is 0 Å². The van der Waals surface area contributed by atoms with Crippen molar-refractivity contribution in [3.8, 4) is 0 Å². The number of hydrogen-bond acceptors (Lipinski definition) is 5. The van der Waals surface area contributed by atoms with Crippen molar-refractivity contribution in [1.29, 1.82) is 0 Å². The number of fused-ring (bicyclic) bond motifs is 1. The SMILES string of the molecule is CCNCCNc1n[n+]([O-])c2ccccc2[n+]1[O-]. The van der Waals surface area contributed by atoms with E-state index in [1.165, 1.54) is 0 Å². The highest BCUT2D eigenvalue weighted by Crippen LogP contribution is 2.04. The molecule has 0 fully saturated rings. The van der Waals surface area contributed by atoms with Gasteiger partial charge in [-0.1, -0.05) is 19.1 Å². The van der Waals surface area contributed by atoms with Crippen molar-refractivity contribution in [2.45, 2.75) is 6.92 Å². The Balaban J connectivity index is 2.26. The molecule has 0 atom stereocenters. The van der Waals surface area contributed by atoms with Crippen molar-refractivity contribution in [2.75, 3.05) is 25.0 Å². The van der Waals surface area contributed by atoms with Crippen LogP contribution < -0.4 is 20.2 Å². The lowest BCUT2D eigenvalue weighted by Gasteiger charge is -2.09. The summed E-state index contributed by atoms with van der Waals surface area (Å²) in [5.74, 6) is 0.0154. The summed E-state index contributed by atoms with van der Waals surface area (Å²) < 4.78 is 0.635. The normalized spacial score (nSPS) is 10.7. The Bertz CT molecular complexity index is 546. The minimum absolute atomic E-state index is 0.0154. The van der Waals surface area contributed by atoms with Gasteiger partial charge in [0.15, 0.2) is 5.52 Å². The highest BCUT2D eigenvalue weighted by Gasteiger charge is 2.18. The first kappa shape index (κ1) is 12.3. The molecule has 2 N–H and O–H groups in total. The second-order valence-corrected chi connectivity index (χ2v) is 3.76. The molecule has 0 amide bonds. The Morgan fingerprint density at radius 3 is 2.61 bits per heavy atom. The predicted octanol–water partition coefficient (Wildman–Crippen LogP) is -0.477. The molecule has 0 radical (unpaired) electrons. The summed E-state index contributed by atoms with van der Waals surface area (Å²) in [6, 6.07) is 6.55.